The fraction of sp³-hybridized carbons (Fsp3) is 0.250. The van der Waals surface area contributed by atoms with Crippen LogP contribution in [0.2, 0.25) is 0 Å². The molecular weight excluding hydrogens is 344 g/mol. The Balaban J connectivity index is 1.57. The first-order chi connectivity index (χ1) is 13.2. The van der Waals surface area contributed by atoms with Gasteiger partial charge in [-0.3, -0.25) is 0 Å². The van der Waals surface area contributed by atoms with Gasteiger partial charge in [0.2, 0.25) is 11.7 Å². The molecule has 1 aromatic heterocycles. The number of anilines is 1. The Hall–Kier alpha value is -3.53. The van der Waals surface area contributed by atoms with Gasteiger partial charge in [0.15, 0.2) is 11.5 Å². The van der Waals surface area contributed by atoms with Crippen molar-refractivity contribution in [2.24, 2.45) is 0 Å². The standard InChI is InChI=1S/C20H18N4O3/c1-12-22-20(24-27-12)13-3-5-16(6-4-13)23-17(11-21)15-9-14-7-8-26-19(14)18(10-15)25-2/h3-6,9-10,17,23H,7-8H2,1-2H3. The summed E-state index contributed by atoms with van der Waals surface area (Å²) in [5, 5.41) is 16.8. The van der Waals surface area contributed by atoms with Crippen LogP contribution >= 0.6 is 0 Å². The van der Waals surface area contributed by atoms with Crippen molar-refractivity contribution in [1.29, 1.82) is 5.26 Å². The van der Waals surface area contributed by atoms with Gasteiger partial charge in [0.25, 0.3) is 0 Å². The Morgan fingerprint density at radius 3 is 2.74 bits per heavy atom. The van der Waals surface area contributed by atoms with Crippen molar-refractivity contribution < 1.29 is 14.0 Å². The first-order valence-electron chi connectivity index (χ1n) is 8.58. The maximum atomic E-state index is 9.67. The molecule has 2 aromatic carbocycles. The number of nitrogens with zero attached hydrogens (tertiary/aromatic N) is 3. The van der Waals surface area contributed by atoms with Gasteiger partial charge >= 0.3 is 0 Å². The van der Waals surface area contributed by atoms with Crippen molar-refractivity contribution in [2.45, 2.75) is 19.4 Å². The van der Waals surface area contributed by atoms with Crippen LogP contribution in [0.4, 0.5) is 5.69 Å². The Morgan fingerprint density at radius 2 is 2.07 bits per heavy atom. The molecule has 0 radical (unpaired) electrons. The average molecular weight is 362 g/mol. The Bertz CT molecular complexity index is 1010. The first kappa shape index (κ1) is 16.9. The van der Waals surface area contributed by atoms with Crippen molar-refractivity contribution in [2.75, 3.05) is 19.0 Å². The second-order valence-corrected chi connectivity index (χ2v) is 6.23. The number of aromatic nitrogens is 2. The molecule has 7 nitrogen and oxygen atoms in total. The number of aryl methyl sites for hydroxylation is 1. The lowest BCUT2D eigenvalue weighted by Gasteiger charge is -2.16. The normalized spacial score (nSPS) is 13.4. The molecule has 4 rings (SSSR count). The number of rotatable bonds is 5. The zero-order valence-electron chi connectivity index (χ0n) is 15.0. The molecular formula is C20H18N4O3. The van der Waals surface area contributed by atoms with E-state index in [2.05, 4.69) is 21.5 Å². The lowest BCUT2D eigenvalue weighted by molar-refractivity contribution is 0.326. The number of nitrogens with one attached hydrogen (secondary N) is 1. The number of methoxy groups -OCH3 is 1. The molecule has 136 valence electrons. The molecule has 1 aliphatic heterocycles. The fourth-order valence-electron chi connectivity index (χ4n) is 3.10. The van der Waals surface area contributed by atoms with Crippen molar-refractivity contribution in [1.82, 2.24) is 10.1 Å². The number of nitriles is 1. The number of hydrogen-bond donors (Lipinski definition) is 1. The molecule has 1 unspecified atom stereocenters. The maximum absolute atomic E-state index is 9.67. The molecule has 0 saturated heterocycles. The zero-order chi connectivity index (χ0) is 18.8. The molecule has 7 heteroatoms. The van der Waals surface area contributed by atoms with Crippen LogP contribution in [0.1, 0.15) is 23.1 Å². The van der Waals surface area contributed by atoms with E-state index in [1.54, 1.807) is 14.0 Å². The summed E-state index contributed by atoms with van der Waals surface area (Å²) in [6, 6.07) is 13.2. The molecule has 2 heterocycles. The highest BCUT2D eigenvalue weighted by Crippen LogP contribution is 2.38. The minimum atomic E-state index is -0.511. The lowest BCUT2D eigenvalue weighted by atomic mass is 10.0. The summed E-state index contributed by atoms with van der Waals surface area (Å²) < 4.78 is 16.0. The molecule has 1 N–H and O–H groups in total. The van der Waals surface area contributed by atoms with E-state index in [4.69, 9.17) is 14.0 Å². The van der Waals surface area contributed by atoms with Gasteiger partial charge in [-0.15, -0.1) is 0 Å². The minimum absolute atomic E-state index is 0.511. The van der Waals surface area contributed by atoms with E-state index in [1.165, 1.54) is 0 Å². The molecule has 3 aromatic rings. The number of benzene rings is 2. The molecule has 0 aliphatic carbocycles. The SMILES string of the molecule is COc1cc(C(C#N)Nc2ccc(-c3noc(C)n3)cc2)cc2c1OCC2. The largest absolute Gasteiger partial charge is 0.493 e. The maximum Gasteiger partial charge on any atom is 0.223 e. The number of ether oxygens (including phenoxy) is 2. The predicted molar refractivity (Wildman–Crippen MR) is 98.6 cm³/mol. The molecule has 0 amide bonds. The van der Waals surface area contributed by atoms with Crippen LogP contribution in [0.3, 0.4) is 0 Å². The Labute approximate surface area is 156 Å². The lowest BCUT2D eigenvalue weighted by Crippen LogP contribution is -2.09. The van der Waals surface area contributed by atoms with Crippen LogP contribution < -0.4 is 14.8 Å². The summed E-state index contributed by atoms with van der Waals surface area (Å²) in [7, 11) is 1.61. The summed E-state index contributed by atoms with van der Waals surface area (Å²) >= 11 is 0. The van der Waals surface area contributed by atoms with Crippen LogP contribution in [0.25, 0.3) is 11.4 Å². The van der Waals surface area contributed by atoms with Crippen molar-refractivity contribution in [3.05, 3.63) is 53.4 Å². The highest BCUT2D eigenvalue weighted by Gasteiger charge is 2.22. The summed E-state index contributed by atoms with van der Waals surface area (Å²) in [4.78, 5) is 4.21. The Kier molecular flexibility index (Phi) is 4.38. The van der Waals surface area contributed by atoms with Crippen molar-refractivity contribution in [3.8, 4) is 29.0 Å². The predicted octanol–water partition coefficient (Wildman–Crippen LogP) is 3.67. The monoisotopic (exact) mass is 362 g/mol. The second kappa shape index (κ2) is 7.00. The highest BCUT2D eigenvalue weighted by molar-refractivity contribution is 5.61. The van der Waals surface area contributed by atoms with Crippen LogP contribution in [-0.2, 0) is 6.42 Å². The third-order valence-electron chi connectivity index (χ3n) is 4.44. The summed E-state index contributed by atoms with van der Waals surface area (Å²) in [6.45, 7) is 2.39. The average Bonchev–Trinajstić information content (AvgIpc) is 3.34. The van der Waals surface area contributed by atoms with Crippen LogP contribution in [0.15, 0.2) is 40.9 Å². The van der Waals surface area contributed by atoms with E-state index in [-0.39, 0.29) is 0 Å². The first-order valence-corrected chi connectivity index (χ1v) is 8.58. The van der Waals surface area contributed by atoms with Gasteiger partial charge < -0.3 is 19.3 Å². The van der Waals surface area contributed by atoms with Crippen LogP contribution in [0.5, 0.6) is 11.5 Å². The van der Waals surface area contributed by atoms with Gasteiger partial charge in [0.05, 0.1) is 19.8 Å². The van der Waals surface area contributed by atoms with Gasteiger partial charge in [-0.25, -0.2) is 0 Å². The summed E-state index contributed by atoms with van der Waals surface area (Å²) in [5.41, 5.74) is 3.58. The van der Waals surface area contributed by atoms with Crippen LogP contribution in [0, 0.1) is 18.3 Å². The van der Waals surface area contributed by atoms with E-state index in [9.17, 15) is 5.26 Å². The van der Waals surface area contributed by atoms with E-state index >= 15 is 0 Å². The van der Waals surface area contributed by atoms with Crippen LogP contribution in [-0.4, -0.2) is 23.9 Å². The molecule has 0 spiro atoms. The van der Waals surface area contributed by atoms with Gasteiger partial charge in [0, 0.05) is 30.2 Å². The smallest absolute Gasteiger partial charge is 0.223 e. The molecule has 0 bridgehead atoms. The minimum Gasteiger partial charge on any atom is -0.493 e. The number of fused-ring (bicyclic) bond motifs is 1. The van der Waals surface area contributed by atoms with Gasteiger partial charge in [-0.2, -0.15) is 10.2 Å². The van der Waals surface area contributed by atoms with Crippen molar-refractivity contribution in [3.63, 3.8) is 0 Å². The number of hydrogen-bond acceptors (Lipinski definition) is 7. The molecule has 27 heavy (non-hydrogen) atoms. The molecule has 1 aliphatic rings. The molecule has 1 atom stereocenters. The summed E-state index contributed by atoms with van der Waals surface area (Å²) in [5.74, 6) is 2.49. The van der Waals surface area contributed by atoms with Gasteiger partial charge in [0.1, 0.15) is 6.04 Å². The molecule has 0 fully saturated rings. The molecule has 0 saturated carbocycles. The van der Waals surface area contributed by atoms with Gasteiger partial charge in [-0.1, -0.05) is 5.16 Å². The van der Waals surface area contributed by atoms with Gasteiger partial charge in [-0.05, 0) is 42.0 Å². The van der Waals surface area contributed by atoms with E-state index in [1.807, 2.05) is 36.4 Å². The second-order valence-electron chi connectivity index (χ2n) is 6.23. The Morgan fingerprint density at radius 1 is 1.26 bits per heavy atom. The van der Waals surface area contributed by atoms with Crippen molar-refractivity contribution >= 4 is 5.69 Å². The quantitative estimate of drug-likeness (QED) is 0.740. The topological polar surface area (TPSA) is 93.2 Å². The van der Waals surface area contributed by atoms with E-state index in [0.717, 1.165) is 34.5 Å². The highest BCUT2D eigenvalue weighted by atomic mass is 16.5. The van der Waals surface area contributed by atoms with E-state index < -0.39 is 6.04 Å². The fourth-order valence-corrected chi connectivity index (χ4v) is 3.10. The van der Waals surface area contributed by atoms with E-state index in [0.29, 0.717) is 24.1 Å². The third kappa shape index (κ3) is 3.29. The summed E-state index contributed by atoms with van der Waals surface area (Å²) in [6.07, 6.45) is 0.816. The third-order valence-corrected chi connectivity index (χ3v) is 4.44. The zero-order valence-corrected chi connectivity index (χ0v) is 15.0.